The van der Waals surface area contributed by atoms with Crippen LogP contribution in [0.2, 0.25) is 0 Å². The van der Waals surface area contributed by atoms with E-state index in [1.54, 1.807) is 0 Å². The molecular weight excluding hydrogens is 637 g/mol. The molecule has 3 fully saturated rings. The number of fused-ring (bicyclic) bond motifs is 8. The number of aryl methyl sites for hydroxylation is 1. The number of hydrogen-bond acceptors (Lipinski definition) is 9. The van der Waals surface area contributed by atoms with Gasteiger partial charge in [-0.3, -0.25) is 14.7 Å². The Morgan fingerprint density at radius 3 is 2.92 bits per heavy atom. The molecule has 2 N–H and O–H groups in total. The van der Waals surface area contributed by atoms with Gasteiger partial charge in [-0.05, 0) is 73.2 Å². The molecule has 3 atom stereocenters. The van der Waals surface area contributed by atoms with Gasteiger partial charge in [-0.2, -0.15) is 9.97 Å². The highest BCUT2D eigenvalue weighted by Crippen LogP contribution is 2.42. The average molecular weight is 677 g/mol. The maximum Gasteiger partial charge on any atom is 0.319 e. The lowest BCUT2D eigenvalue weighted by Gasteiger charge is -2.31. The second-order valence-corrected chi connectivity index (χ2v) is 13.9. The largest absolute Gasteiger partial charge is 0.508 e. The zero-order valence-electron chi connectivity index (χ0n) is 27.2. The van der Waals surface area contributed by atoms with E-state index < -0.39 is 23.3 Å². The Bertz CT molecular complexity index is 1930. The Kier molecular flexibility index (Phi) is 8.43. The van der Waals surface area contributed by atoms with Crippen molar-refractivity contribution in [3.63, 3.8) is 0 Å². The summed E-state index contributed by atoms with van der Waals surface area (Å²) in [6.07, 6.45) is 4.12. The van der Waals surface area contributed by atoms with Crippen molar-refractivity contribution in [1.82, 2.24) is 25.2 Å². The van der Waals surface area contributed by atoms with Gasteiger partial charge in [0.15, 0.2) is 5.82 Å². The first-order valence-corrected chi connectivity index (χ1v) is 17.2. The first-order valence-electron chi connectivity index (χ1n) is 17.2. The molecule has 3 saturated heterocycles. The number of amides is 1. The molecular formula is C36H39F3N6O4. The monoisotopic (exact) mass is 676 g/mol. The number of ether oxygens (including phenoxy) is 2. The highest BCUT2D eigenvalue weighted by molar-refractivity contribution is 6.01. The summed E-state index contributed by atoms with van der Waals surface area (Å²) in [5, 5.41) is 15.0. The van der Waals surface area contributed by atoms with Gasteiger partial charge in [0.2, 0.25) is 5.91 Å². The van der Waals surface area contributed by atoms with Gasteiger partial charge < -0.3 is 24.8 Å². The van der Waals surface area contributed by atoms with E-state index in [9.17, 15) is 14.3 Å². The number of phenolic OH excluding ortho intramolecular Hbond substituents is 1. The molecule has 2 aromatic heterocycles. The summed E-state index contributed by atoms with van der Waals surface area (Å²) < 4.78 is 59.3. The van der Waals surface area contributed by atoms with Crippen LogP contribution in [0.15, 0.2) is 30.5 Å². The van der Waals surface area contributed by atoms with Crippen molar-refractivity contribution in [2.45, 2.75) is 56.7 Å². The van der Waals surface area contributed by atoms with Crippen LogP contribution in [0.5, 0.6) is 11.8 Å². The molecule has 0 saturated carbocycles. The first-order chi connectivity index (χ1) is 23.8. The molecule has 2 aromatic carbocycles. The van der Waals surface area contributed by atoms with Gasteiger partial charge in [0.05, 0.1) is 24.1 Å². The van der Waals surface area contributed by atoms with Gasteiger partial charge >= 0.3 is 6.01 Å². The van der Waals surface area contributed by atoms with E-state index in [2.05, 4.69) is 20.2 Å². The van der Waals surface area contributed by atoms with Gasteiger partial charge in [-0.15, -0.1) is 0 Å². The molecule has 6 bridgehead atoms. The van der Waals surface area contributed by atoms with Gasteiger partial charge in [0.25, 0.3) is 0 Å². The molecule has 5 aliphatic heterocycles. The first kappa shape index (κ1) is 32.0. The van der Waals surface area contributed by atoms with Crippen molar-refractivity contribution in [2.75, 3.05) is 57.4 Å². The molecule has 3 unspecified atom stereocenters. The number of phenols is 1. The summed E-state index contributed by atoms with van der Waals surface area (Å²) in [6.45, 7) is 3.69. The molecule has 5 aliphatic rings. The van der Waals surface area contributed by atoms with Crippen molar-refractivity contribution in [3.8, 4) is 23.0 Å². The highest BCUT2D eigenvalue weighted by atomic mass is 19.1. The molecule has 1 amide bonds. The fraction of sp³-hybridized carbons (Fsp3) is 0.500. The molecule has 0 aliphatic carbocycles. The van der Waals surface area contributed by atoms with E-state index in [1.165, 1.54) is 30.5 Å². The lowest BCUT2D eigenvalue weighted by molar-refractivity contribution is -0.121. The highest BCUT2D eigenvalue weighted by Gasteiger charge is 2.49. The average Bonchev–Trinajstić information content (AvgIpc) is 3.50. The minimum absolute atomic E-state index is 0.0230. The van der Waals surface area contributed by atoms with Crippen molar-refractivity contribution in [1.29, 1.82) is 0 Å². The van der Waals surface area contributed by atoms with Gasteiger partial charge in [0, 0.05) is 56.7 Å². The van der Waals surface area contributed by atoms with Crippen LogP contribution in [0.25, 0.3) is 32.9 Å². The summed E-state index contributed by atoms with van der Waals surface area (Å²) in [6, 6.07) is 5.71. The minimum atomic E-state index is -0.936. The van der Waals surface area contributed by atoms with Crippen LogP contribution >= 0.6 is 0 Å². The second-order valence-electron chi connectivity index (χ2n) is 13.9. The topological polar surface area (TPSA) is 113 Å². The summed E-state index contributed by atoms with van der Waals surface area (Å²) in [4.78, 5) is 30.9. The lowest BCUT2D eigenvalue weighted by Crippen LogP contribution is -2.43. The summed E-state index contributed by atoms with van der Waals surface area (Å²) in [5.41, 5.74) is -0.0700. The number of halogens is 3. The number of carbonyl (C=O) groups is 1. The van der Waals surface area contributed by atoms with Gasteiger partial charge in [0.1, 0.15) is 41.4 Å². The standard InChI is InChI=1S/C36H39F3N6O4/c37-23-15-36(8-2-10-45(36)18-23)20-49-35-42-33-27-16-41-32(31(33)39)26-14-24(46)13-22-5-6-28(38)25(30(22)26)3-1-4-29(47)40-9-7-21-17-44(34(27)43-35)11-12-48-19-21/h5-6,13-14,16,21,23,46H,1-4,7-12,15,17-20H2,(H,40,47). The summed E-state index contributed by atoms with van der Waals surface area (Å²) >= 11 is 0. The van der Waals surface area contributed by atoms with Gasteiger partial charge in [-0.1, -0.05) is 6.07 Å². The van der Waals surface area contributed by atoms with Crippen LogP contribution in [0.3, 0.4) is 0 Å². The van der Waals surface area contributed by atoms with E-state index in [0.29, 0.717) is 86.2 Å². The number of alkyl halides is 1. The number of carbonyl (C=O) groups excluding carboxylic acids is 1. The Balaban J connectivity index is 1.30. The number of anilines is 1. The third kappa shape index (κ3) is 6.01. The molecule has 49 heavy (non-hydrogen) atoms. The fourth-order valence-electron chi connectivity index (χ4n) is 8.27. The van der Waals surface area contributed by atoms with Crippen LogP contribution in [0.4, 0.5) is 19.0 Å². The van der Waals surface area contributed by atoms with Gasteiger partial charge in [-0.25, -0.2) is 13.2 Å². The van der Waals surface area contributed by atoms with E-state index in [-0.39, 0.29) is 59.8 Å². The Hall–Kier alpha value is -4.23. The van der Waals surface area contributed by atoms with Crippen molar-refractivity contribution < 1.29 is 32.5 Å². The molecule has 10 nitrogen and oxygen atoms in total. The number of hydrogen-bond donors (Lipinski definition) is 2. The molecule has 7 heterocycles. The third-order valence-corrected chi connectivity index (χ3v) is 10.6. The second kappa shape index (κ2) is 12.9. The molecule has 258 valence electrons. The predicted octanol–water partition coefficient (Wildman–Crippen LogP) is 5.08. The fourth-order valence-corrected chi connectivity index (χ4v) is 8.27. The van der Waals surface area contributed by atoms with Crippen LogP contribution in [-0.4, -0.2) is 95.1 Å². The molecule has 0 radical (unpaired) electrons. The number of benzene rings is 2. The normalized spacial score (nSPS) is 25.0. The molecule has 9 rings (SSSR count). The Morgan fingerprint density at radius 2 is 2.02 bits per heavy atom. The van der Waals surface area contributed by atoms with E-state index in [1.807, 2.05) is 4.90 Å². The van der Waals surface area contributed by atoms with E-state index in [0.717, 1.165) is 19.4 Å². The summed E-state index contributed by atoms with van der Waals surface area (Å²) in [7, 11) is 0. The number of nitrogens with one attached hydrogen (secondary N) is 1. The maximum atomic E-state index is 17.0. The number of pyridine rings is 1. The van der Waals surface area contributed by atoms with E-state index in [4.69, 9.17) is 14.5 Å². The number of aromatic hydroxyl groups is 1. The lowest BCUT2D eigenvalue weighted by atomic mass is 9.93. The third-order valence-electron chi connectivity index (χ3n) is 10.6. The number of aromatic nitrogens is 3. The van der Waals surface area contributed by atoms with Crippen molar-refractivity contribution in [3.05, 3.63) is 47.7 Å². The minimum Gasteiger partial charge on any atom is -0.508 e. The molecule has 4 aromatic rings. The smallest absolute Gasteiger partial charge is 0.319 e. The Labute approximate surface area is 281 Å². The van der Waals surface area contributed by atoms with Crippen LogP contribution in [0.1, 0.15) is 44.1 Å². The number of nitrogens with zero attached hydrogens (tertiary/aromatic N) is 5. The predicted molar refractivity (Wildman–Crippen MR) is 177 cm³/mol. The van der Waals surface area contributed by atoms with Crippen molar-refractivity contribution >= 4 is 33.4 Å². The summed E-state index contributed by atoms with van der Waals surface area (Å²) in [5.74, 6) is -1.04. The number of rotatable bonds is 3. The molecule has 0 spiro atoms. The van der Waals surface area contributed by atoms with E-state index >= 15 is 8.78 Å². The quantitative estimate of drug-likeness (QED) is 0.307. The SMILES string of the molecule is O=C1CCCc2c(F)ccc3cc(O)cc(c23)-c2ncc3c(nc(OCC45CCCN4CC(F)C5)nc3c2F)N2CCOCC(CCN1)C2. The van der Waals surface area contributed by atoms with Crippen LogP contribution in [-0.2, 0) is 16.0 Å². The maximum absolute atomic E-state index is 17.0. The molecule has 13 heteroatoms. The van der Waals surface area contributed by atoms with Crippen LogP contribution in [0, 0.1) is 17.6 Å². The zero-order chi connectivity index (χ0) is 33.7. The van der Waals surface area contributed by atoms with Crippen molar-refractivity contribution in [2.24, 2.45) is 5.92 Å². The Morgan fingerprint density at radius 1 is 1.12 bits per heavy atom. The zero-order valence-corrected chi connectivity index (χ0v) is 27.2. The van der Waals surface area contributed by atoms with Crippen LogP contribution < -0.4 is 15.0 Å².